The van der Waals surface area contributed by atoms with Crippen LogP contribution < -0.4 is 0 Å². The van der Waals surface area contributed by atoms with Crippen molar-refractivity contribution in [1.29, 1.82) is 0 Å². The highest BCUT2D eigenvalue weighted by atomic mass is 32.2. The zero-order valence-electron chi connectivity index (χ0n) is 17.1. The Balaban J connectivity index is 1.40. The van der Waals surface area contributed by atoms with Gasteiger partial charge in [0.1, 0.15) is 6.73 Å². The third-order valence-corrected chi connectivity index (χ3v) is 8.16. The molecule has 5 heteroatoms. The Kier molecular flexibility index (Phi) is 5.43. The molecule has 0 saturated carbocycles. The average Bonchev–Trinajstić information content (AvgIpc) is 2.74. The molecule has 0 amide bonds. The highest BCUT2D eigenvalue weighted by molar-refractivity contribution is 7.99. The molecule has 3 atom stereocenters. The zero-order chi connectivity index (χ0) is 19.7. The number of benzene rings is 2. The maximum atomic E-state index is 6.62. The Morgan fingerprint density at radius 1 is 0.966 bits per heavy atom. The van der Waals surface area contributed by atoms with E-state index in [2.05, 4.69) is 82.2 Å². The minimum absolute atomic E-state index is 0.00457. The second-order valence-electron chi connectivity index (χ2n) is 8.77. The number of rotatable bonds is 5. The minimum atomic E-state index is -0.446. The zero-order valence-corrected chi connectivity index (χ0v) is 17.9. The number of hydrogen-bond donors (Lipinski definition) is 0. The first-order valence-electron chi connectivity index (χ1n) is 10.5. The van der Waals surface area contributed by atoms with Crippen LogP contribution in [0.5, 0.6) is 0 Å². The van der Waals surface area contributed by atoms with E-state index in [0.29, 0.717) is 12.6 Å². The molecule has 4 nitrogen and oxygen atoms in total. The van der Waals surface area contributed by atoms with Gasteiger partial charge in [0.25, 0.3) is 0 Å². The van der Waals surface area contributed by atoms with Gasteiger partial charge in [0.05, 0.1) is 5.41 Å². The number of hydrogen-bond acceptors (Lipinski definition) is 5. The highest BCUT2D eigenvalue weighted by Crippen LogP contribution is 2.54. The molecule has 2 aromatic carbocycles. The lowest BCUT2D eigenvalue weighted by Gasteiger charge is -2.64. The summed E-state index contributed by atoms with van der Waals surface area (Å²) >= 11 is 2.08. The molecule has 3 fully saturated rings. The van der Waals surface area contributed by atoms with Crippen molar-refractivity contribution in [3.63, 3.8) is 0 Å². The molecule has 29 heavy (non-hydrogen) atoms. The summed E-state index contributed by atoms with van der Waals surface area (Å²) in [5.41, 5.74) is 2.72. The summed E-state index contributed by atoms with van der Waals surface area (Å²) in [5, 5.41) is 0. The van der Waals surface area contributed by atoms with Crippen molar-refractivity contribution in [2.24, 2.45) is 11.3 Å². The van der Waals surface area contributed by atoms with Crippen LogP contribution in [0.25, 0.3) is 0 Å². The predicted molar refractivity (Wildman–Crippen MR) is 118 cm³/mol. The second-order valence-corrected chi connectivity index (χ2v) is 9.80. The molecule has 0 N–H and O–H groups in total. The molecule has 0 aromatic heterocycles. The highest BCUT2D eigenvalue weighted by Gasteiger charge is 2.65. The van der Waals surface area contributed by atoms with E-state index in [-0.39, 0.29) is 5.41 Å². The van der Waals surface area contributed by atoms with E-state index in [1.54, 1.807) is 0 Å². The minimum Gasteiger partial charge on any atom is -0.352 e. The van der Waals surface area contributed by atoms with Gasteiger partial charge in [-0.1, -0.05) is 60.7 Å². The molecule has 5 rings (SSSR count). The van der Waals surface area contributed by atoms with Crippen LogP contribution in [0.15, 0.2) is 60.7 Å². The van der Waals surface area contributed by atoms with E-state index in [4.69, 9.17) is 9.47 Å². The smallest absolute Gasteiger partial charge is 0.183 e. The summed E-state index contributed by atoms with van der Waals surface area (Å²) in [6, 6.07) is 21.6. The average molecular weight is 411 g/mol. The van der Waals surface area contributed by atoms with E-state index in [9.17, 15) is 0 Å². The summed E-state index contributed by atoms with van der Waals surface area (Å²) in [7, 11) is 1.86. The van der Waals surface area contributed by atoms with Crippen molar-refractivity contribution in [2.45, 2.75) is 18.9 Å². The summed E-state index contributed by atoms with van der Waals surface area (Å²) < 4.78 is 12.9. The largest absolute Gasteiger partial charge is 0.352 e. The van der Waals surface area contributed by atoms with E-state index in [0.717, 1.165) is 44.2 Å². The fourth-order valence-corrected chi connectivity index (χ4v) is 7.16. The Hall–Kier alpha value is -1.37. The molecule has 0 spiro atoms. The quantitative estimate of drug-likeness (QED) is 0.749. The number of thioether (sulfide) groups is 1. The monoisotopic (exact) mass is 410 g/mol. The van der Waals surface area contributed by atoms with Crippen LogP contribution in [0.3, 0.4) is 0 Å². The molecule has 154 valence electrons. The van der Waals surface area contributed by atoms with Crippen LogP contribution in [0.2, 0.25) is 0 Å². The number of likely N-dealkylation sites (tertiary alicyclic amines) is 1. The van der Waals surface area contributed by atoms with Gasteiger partial charge in [0, 0.05) is 57.3 Å². The topological polar surface area (TPSA) is 24.9 Å². The standard InChI is InChI=1S/C24H30N2O2S/c1-27-24-22-14-25(12-20-8-4-2-5-9-20)16-23(24,18-29-15-22)17-26(19-28-24)13-21-10-6-3-7-11-21/h2-11,22H,12-19H2,1H3/t22-,23-,24-/m1/s1. The van der Waals surface area contributed by atoms with Gasteiger partial charge in [-0.05, 0) is 11.1 Å². The lowest BCUT2D eigenvalue weighted by Crippen LogP contribution is -2.75. The van der Waals surface area contributed by atoms with Crippen LogP contribution in [-0.2, 0) is 22.6 Å². The molecule has 2 aromatic rings. The molecule has 3 heterocycles. The Morgan fingerprint density at radius 2 is 1.59 bits per heavy atom. The molecule has 0 aliphatic carbocycles. The molecule has 3 aliphatic heterocycles. The third kappa shape index (κ3) is 3.53. The van der Waals surface area contributed by atoms with E-state index >= 15 is 0 Å². The summed E-state index contributed by atoms with van der Waals surface area (Å²) in [4.78, 5) is 5.09. The molecular formula is C24H30N2O2S. The molecule has 2 bridgehead atoms. The van der Waals surface area contributed by atoms with Gasteiger partial charge in [-0.15, -0.1) is 0 Å². The van der Waals surface area contributed by atoms with Gasteiger partial charge < -0.3 is 9.47 Å². The summed E-state index contributed by atoms with van der Waals surface area (Å²) in [6.07, 6.45) is 0. The van der Waals surface area contributed by atoms with Gasteiger partial charge in [-0.3, -0.25) is 9.80 Å². The van der Waals surface area contributed by atoms with Gasteiger partial charge in [-0.25, -0.2) is 0 Å². The third-order valence-electron chi connectivity index (χ3n) is 6.77. The van der Waals surface area contributed by atoms with Crippen molar-refractivity contribution in [3.05, 3.63) is 71.8 Å². The van der Waals surface area contributed by atoms with Crippen LogP contribution in [-0.4, -0.2) is 60.6 Å². The van der Waals surface area contributed by atoms with Gasteiger partial charge >= 0.3 is 0 Å². The van der Waals surface area contributed by atoms with E-state index in [1.165, 1.54) is 11.1 Å². The number of piperidine rings is 1. The lowest BCUT2D eigenvalue weighted by atomic mass is 9.69. The fourth-order valence-electron chi connectivity index (χ4n) is 5.66. The van der Waals surface area contributed by atoms with Crippen molar-refractivity contribution in [3.8, 4) is 0 Å². The van der Waals surface area contributed by atoms with Crippen LogP contribution in [0.1, 0.15) is 11.1 Å². The second kappa shape index (κ2) is 8.05. The molecular weight excluding hydrogens is 380 g/mol. The maximum absolute atomic E-state index is 6.62. The Morgan fingerprint density at radius 3 is 2.24 bits per heavy atom. The number of ether oxygens (including phenoxy) is 2. The van der Waals surface area contributed by atoms with E-state index in [1.807, 2.05) is 7.11 Å². The number of methoxy groups -OCH3 is 1. The van der Waals surface area contributed by atoms with Crippen molar-refractivity contribution in [1.82, 2.24) is 9.80 Å². The van der Waals surface area contributed by atoms with Crippen molar-refractivity contribution in [2.75, 3.05) is 45.0 Å². The predicted octanol–water partition coefficient (Wildman–Crippen LogP) is 3.68. The summed E-state index contributed by atoms with van der Waals surface area (Å²) in [5.74, 6) is 2.16. The van der Waals surface area contributed by atoms with Gasteiger partial charge in [0.2, 0.25) is 0 Å². The Labute approximate surface area is 178 Å². The lowest BCUT2D eigenvalue weighted by molar-refractivity contribution is -0.368. The van der Waals surface area contributed by atoms with Gasteiger partial charge in [0.15, 0.2) is 5.79 Å². The molecule has 3 aliphatic rings. The van der Waals surface area contributed by atoms with Gasteiger partial charge in [-0.2, -0.15) is 11.8 Å². The molecule has 0 unspecified atom stereocenters. The van der Waals surface area contributed by atoms with Crippen molar-refractivity contribution >= 4 is 11.8 Å². The van der Waals surface area contributed by atoms with Crippen LogP contribution >= 0.6 is 11.8 Å². The van der Waals surface area contributed by atoms with E-state index < -0.39 is 5.79 Å². The van der Waals surface area contributed by atoms with Crippen LogP contribution in [0, 0.1) is 11.3 Å². The maximum Gasteiger partial charge on any atom is 0.183 e. The summed E-state index contributed by atoms with van der Waals surface area (Å²) in [6.45, 7) is 5.65. The first-order valence-corrected chi connectivity index (χ1v) is 11.7. The van der Waals surface area contributed by atoms with Crippen LogP contribution in [0.4, 0.5) is 0 Å². The molecule has 3 saturated heterocycles. The van der Waals surface area contributed by atoms with Crippen molar-refractivity contribution < 1.29 is 9.47 Å². The number of nitrogens with zero attached hydrogens (tertiary/aromatic N) is 2. The first-order chi connectivity index (χ1) is 14.2. The normalized spacial score (nSPS) is 32.7. The Bertz CT molecular complexity index is 816. The SMILES string of the molecule is CO[C@]12OCN(Cc3ccccc3)C[C@]13CSC[C@H]2CN(Cc1ccccc1)C3. The first kappa shape index (κ1) is 19.6. The fraction of sp³-hybridized carbons (Fsp3) is 0.500. The molecule has 0 radical (unpaired) electrons.